The van der Waals surface area contributed by atoms with E-state index in [1.165, 1.54) is 12.1 Å². The molecule has 0 saturated carbocycles. The number of aryl methyl sites for hydroxylation is 1. The Labute approximate surface area is 149 Å². The average molecular weight is 360 g/mol. The van der Waals surface area contributed by atoms with Crippen molar-refractivity contribution in [3.8, 4) is 0 Å². The number of sulfonamides is 1. The van der Waals surface area contributed by atoms with Gasteiger partial charge in [0.15, 0.2) is 0 Å². The lowest BCUT2D eigenvalue weighted by atomic mass is 10.0. The van der Waals surface area contributed by atoms with Crippen molar-refractivity contribution < 1.29 is 13.2 Å². The molecule has 1 amide bonds. The van der Waals surface area contributed by atoms with Gasteiger partial charge in [0.25, 0.3) is 15.9 Å². The largest absolute Gasteiger partial charge is 0.347 e. The van der Waals surface area contributed by atoms with Crippen LogP contribution in [0, 0.1) is 6.92 Å². The van der Waals surface area contributed by atoms with Crippen LogP contribution in [0.3, 0.4) is 0 Å². The van der Waals surface area contributed by atoms with E-state index < -0.39 is 10.0 Å². The number of rotatable bonds is 6. The maximum Gasteiger partial charge on any atom is 0.261 e. The van der Waals surface area contributed by atoms with E-state index >= 15 is 0 Å². The molecular formula is C19H24N2O3S. The molecule has 0 aliphatic rings. The molecule has 5 nitrogen and oxygen atoms in total. The van der Waals surface area contributed by atoms with Crippen LogP contribution in [0.4, 0.5) is 5.69 Å². The van der Waals surface area contributed by atoms with Crippen LogP contribution in [0.5, 0.6) is 0 Å². The summed E-state index contributed by atoms with van der Waals surface area (Å²) in [5.41, 5.74) is 1.48. The van der Waals surface area contributed by atoms with Gasteiger partial charge in [-0.1, -0.05) is 30.7 Å². The Kier molecular flexibility index (Phi) is 5.52. The summed E-state index contributed by atoms with van der Waals surface area (Å²) in [5, 5.41) is 2.90. The number of hydrogen-bond donors (Lipinski definition) is 2. The van der Waals surface area contributed by atoms with Gasteiger partial charge in [0.1, 0.15) is 0 Å². The van der Waals surface area contributed by atoms with Crippen LogP contribution in [0.25, 0.3) is 0 Å². The van der Waals surface area contributed by atoms with E-state index in [9.17, 15) is 13.2 Å². The maximum absolute atomic E-state index is 12.6. The number of carbonyl (C=O) groups excluding carboxylic acids is 1. The molecule has 0 radical (unpaired) electrons. The summed E-state index contributed by atoms with van der Waals surface area (Å²) < 4.78 is 27.6. The van der Waals surface area contributed by atoms with Crippen molar-refractivity contribution in [2.45, 2.75) is 44.6 Å². The first-order valence-electron chi connectivity index (χ1n) is 8.15. The van der Waals surface area contributed by atoms with Crippen molar-refractivity contribution in [2.75, 3.05) is 4.72 Å². The monoisotopic (exact) mass is 360 g/mol. The fourth-order valence-electron chi connectivity index (χ4n) is 2.11. The maximum atomic E-state index is 12.6. The van der Waals surface area contributed by atoms with Gasteiger partial charge in [-0.15, -0.1) is 0 Å². The average Bonchev–Trinajstić information content (AvgIpc) is 2.56. The molecule has 0 aliphatic carbocycles. The van der Waals surface area contributed by atoms with Crippen LogP contribution in [0.2, 0.25) is 0 Å². The van der Waals surface area contributed by atoms with Crippen molar-refractivity contribution in [2.24, 2.45) is 0 Å². The van der Waals surface area contributed by atoms with Crippen LogP contribution in [0.1, 0.15) is 43.1 Å². The Morgan fingerprint density at radius 1 is 1.08 bits per heavy atom. The van der Waals surface area contributed by atoms with Crippen LogP contribution >= 0.6 is 0 Å². The first kappa shape index (κ1) is 19.0. The highest BCUT2D eigenvalue weighted by atomic mass is 32.2. The van der Waals surface area contributed by atoms with E-state index in [1.807, 2.05) is 39.8 Å². The highest BCUT2D eigenvalue weighted by Gasteiger charge is 2.21. The van der Waals surface area contributed by atoms with E-state index in [-0.39, 0.29) is 16.3 Å². The SMILES string of the molecule is CCC(C)(C)NC(=O)c1cccc(S(=O)(=O)Nc2ccc(C)cc2)c1. The number of benzene rings is 2. The van der Waals surface area contributed by atoms with Gasteiger partial charge in [0.05, 0.1) is 4.90 Å². The summed E-state index contributed by atoms with van der Waals surface area (Å²) in [6, 6.07) is 13.1. The summed E-state index contributed by atoms with van der Waals surface area (Å²) in [4.78, 5) is 12.4. The lowest BCUT2D eigenvalue weighted by Crippen LogP contribution is -2.42. The van der Waals surface area contributed by atoms with Gasteiger partial charge < -0.3 is 5.32 Å². The van der Waals surface area contributed by atoms with Crippen molar-refractivity contribution in [3.05, 3.63) is 59.7 Å². The molecule has 0 aliphatic heterocycles. The minimum atomic E-state index is -3.76. The number of nitrogens with one attached hydrogen (secondary N) is 2. The first-order valence-corrected chi connectivity index (χ1v) is 9.63. The second-order valence-electron chi connectivity index (χ2n) is 6.69. The molecule has 2 rings (SSSR count). The number of hydrogen-bond acceptors (Lipinski definition) is 3. The van der Waals surface area contributed by atoms with E-state index in [2.05, 4.69) is 10.0 Å². The third kappa shape index (κ3) is 5.06. The van der Waals surface area contributed by atoms with E-state index in [0.29, 0.717) is 11.3 Å². The Balaban J connectivity index is 2.24. The summed E-state index contributed by atoms with van der Waals surface area (Å²) in [6.45, 7) is 7.75. The van der Waals surface area contributed by atoms with E-state index in [0.717, 1.165) is 12.0 Å². The molecule has 134 valence electrons. The summed E-state index contributed by atoms with van der Waals surface area (Å²) in [6.07, 6.45) is 0.770. The zero-order chi connectivity index (χ0) is 18.7. The van der Waals surface area contributed by atoms with Crippen molar-refractivity contribution >= 4 is 21.6 Å². The topological polar surface area (TPSA) is 75.3 Å². The van der Waals surface area contributed by atoms with Gasteiger partial charge in [-0.3, -0.25) is 9.52 Å². The molecule has 0 aromatic heterocycles. The second kappa shape index (κ2) is 7.27. The molecule has 0 bridgehead atoms. The Morgan fingerprint density at radius 2 is 1.72 bits per heavy atom. The lowest BCUT2D eigenvalue weighted by molar-refractivity contribution is 0.0911. The smallest absolute Gasteiger partial charge is 0.261 e. The van der Waals surface area contributed by atoms with Gasteiger partial charge in [0, 0.05) is 16.8 Å². The summed E-state index contributed by atoms with van der Waals surface area (Å²) in [5.74, 6) is -0.292. The predicted molar refractivity (Wildman–Crippen MR) is 100 cm³/mol. The molecule has 25 heavy (non-hydrogen) atoms. The van der Waals surface area contributed by atoms with Gasteiger partial charge in [-0.05, 0) is 57.5 Å². The minimum absolute atomic E-state index is 0.0510. The van der Waals surface area contributed by atoms with Crippen molar-refractivity contribution in [1.82, 2.24) is 5.32 Å². The number of carbonyl (C=O) groups is 1. The van der Waals surface area contributed by atoms with Crippen molar-refractivity contribution in [1.29, 1.82) is 0 Å². The second-order valence-corrected chi connectivity index (χ2v) is 8.37. The quantitative estimate of drug-likeness (QED) is 0.824. The minimum Gasteiger partial charge on any atom is -0.347 e. The van der Waals surface area contributed by atoms with Crippen LogP contribution < -0.4 is 10.0 Å². The van der Waals surface area contributed by atoms with E-state index in [1.54, 1.807) is 24.3 Å². The number of amides is 1. The Hall–Kier alpha value is -2.34. The summed E-state index contributed by atoms with van der Waals surface area (Å²) >= 11 is 0. The first-order chi connectivity index (χ1) is 11.6. The van der Waals surface area contributed by atoms with Gasteiger partial charge in [0.2, 0.25) is 0 Å². The van der Waals surface area contributed by atoms with Gasteiger partial charge >= 0.3 is 0 Å². The molecule has 2 N–H and O–H groups in total. The zero-order valence-corrected chi connectivity index (χ0v) is 15.8. The lowest BCUT2D eigenvalue weighted by Gasteiger charge is -2.24. The highest BCUT2D eigenvalue weighted by Crippen LogP contribution is 2.18. The van der Waals surface area contributed by atoms with E-state index in [4.69, 9.17) is 0 Å². The molecular weight excluding hydrogens is 336 g/mol. The molecule has 2 aromatic carbocycles. The molecule has 0 fully saturated rings. The zero-order valence-electron chi connectivity index (χ0n) is 15.0. The number of anilines is 1. The predicted octanol–water partition coefficient (Wildman–Crippen LogP) is 3.71. The third-order valence-electron chi connectivity index (χ3n) is 4.05. The fourth-order valence-corrected chi connectivity index (χ4v) is 3.21. The normalized spacial score (nSPS) is 11.8. The summed E-state index contributed by atoms with van der Waals surface area (Å²) in [7, 11) is -3.76. The molecule has 0 atom stereocenters. The Morgan fingerprint density at radius 3 is 2.32 bits per heavy atom. The third-order valence-corrected chi connectivity index (χ3v) is 5.43. The highest BCUT2D eigenvalue weighted by molar-refractivity contribution is 7.92. The van der Waals surface area contributed by atoms with Gasteiger partial charge in [-0.2, -0.15) is 0 Å². The van der Waals surface area contributed by atoms with Crippen LogP contribution in [0.15, 0.2) is 53.4 Å². The molecule has 0 saturated heterocycles. The molecule has 6 heteroatoms. The molecule has 0 spiro atoms. The van der Waals surface area contributed by atoms with Crippen molar-refractivity contribution in [3.63, 3.8) is 0 Å². The molecule has 0 heterocycles. The van der Waals surface area contributed by atoms with Crippen LogP contribution in [-0.2, 0) is 10.0 Å². The molecule has 2 aromatic rings. The molecule has 0 unspecified atom stereocenters. The fraction of sp³-hybridized carbons (Fsp3) is 0.316. The Bertz CT molecular complexity index is 856. The van der Waals surface area contributed by atoms with Gasteiger partial charge in [-0.25, -0.2) is 8.42 Å². The van der Waals surface area contributed by atoms with Crippen LogP contribution in [-0.4, -0.2) is 19.9 Å². The standard InChI is InChI=1S/C19H24N2O3S/c1-5-19(3,4)20-18(22)15-7-6-8-17(13-15)25(23,24)21-16-11-9-14(2)10-12-16/h6-13,21H,5H2,1-4H3,(H,20,22).